The largest absolute Gasteiger partial charge is 0.497 e. The molecule has 0 heterocycles. The van der Waals surface area contributed by atoms with Gasteiger partial charge in [-0.05, 0) is 92.0 Å². The molecule has 4 aromatic rings. The van der Waals surface area contributed by atoms with Gasteiger partial charge in [-0.1, -0.05) is 54.6 Å². The van der Waals surface area contributed by atoms with Gasteiger partial charge in [0.1, 0.15) is 40.9 Å². The summed E-state index contributed by atoms with van der Waals surface area (Å²) in [4.78, 5) is 0. The number of hydrogen-bond donors (Lipinski definition) is 4. The second-order valence-electron chi connectivity index (χ2n) is 9.17. The van der Waals surface area contributed by atoms with Crippen LogP contribution < -0.4 is 42.1 Å². The molecule has 0 saturated carbocycles. The van der Waals surface area contributed by atoms with Crippen molar-refractivity contribution in [3.63, 3.8) is 0 Å². The number of nitrogens with one attached hydrogen (secondary N) is 4. The van der Waals surface area contributed by atoms with Crippen molar-refractivity contribution in [2.24, 2.45) is 10.2 Å². The predicted molar refractivity (Wildman–Crippen MR) is 186 cm³/mol. The molecule has 0 spiro atoms. The van der Waals surface area contributed by atoms with E-state index in [4.69, 9.17) is 29.2 Å². The van der Waals surface area contributed by atoms with Crippen molar-refractivity contribution in [2.45, 2.75) is 6.92 Å². The van der Waals surface area contributed by atoms with Crippen molar-refractivity contribution in [3.05, 3.63) is 121 Å². The maximum atomic E-state index is 5.74. The van der Waals surface area contributed by atoms with Crippen LogP contribution in [0.1, 0.15) is 12.5 Å². The number of hydrazone groups is 2. The highest BCUT2D eigenvalue weighted by Crippen LogP contribution is 2.54. The molecule has 0 radical (unpaired) electrons. The first-order valence-electron chi connectivity index (χ1n) is 13.3. The number of hydrogen-bond acceptors (Lipinski definition) is 5. The Morgan fingerprint density at radius 3 is 1.62 bits per heavy atom. The number of nitrogens with zero attached hydrogens (tertiary/aromatic N) is 2. The van der Waals surface area contributed by atoms with E-state index >= 15 is 0 Å². The van der Waals surface area contributed by atoms with Gasteiger partial charge in [-0.3, -0.25) is 10.9 Å². The minimum absolute atomic E-state index is 0.391. The molecular weight excluding hydrogens is 580 g/mol. The molecule has 4 aromatic carbocycles. The van der Waals surface area contributed by atoms with Gasteiger partial charge >= 0.3 is 0 Å². The van der Waals surface area contributed by atoms with Crippen LogP contribution in [0.25, 0.3) is 0 Å². The van der Waals surface area contributed by atoms with E-state index in [1.165, 1.54) is 15.9 Å². The minimum Gasteiger partial charge on any atom is -0.497 e. The summed E-state index contributed by atoms with van der Waals surface area (Å²) in [6.07, 6.45) is 0.614. The minimum atomic E-state index is -2.11. The quantitative estimate of drug-likeness (QED) is 0.0920. The fourth-order valence-corrected chi connectivity index (χ4v) is 8.60. The summed E-state index contributed by atoms with van der Waals surface area (Å²) in [5.74, 6) is 0.747. The summed E-state index contributed by atoms with van der Waals surface area (Å²) in [5.41, 5.74) is 7.94. The van der Waals surface area contributed by atoms with Crippen LogP contribution in [0, 0.1) is 0 Å². The third-order valence-electron chi connectivity index (χ3n) is 6.60. The van der Waals surface area contributed by atoms with Crippen LogP contribution in [0.5, 0.6) is 5.75 Å². The van der Waals surface area contributed by atoms with Crippen LogP contribution in [0.2, 0.25) is 0 Å². The predicted octanol–water partition coefficient (Wildman–Crippen LogP) is 4.28. The fraction of sp³-hybridized carbons (Fsp3) is 0.125. The third-order valence-corrected chi connectivity index (χ3v) is 11.3. The molecule has 0 saturated heterocycles. The van der Waals surface area contributed by atoms with Gasteiger partial charge in [-0.2, -0.15) is 10.2 Å². The summed E-state index contributed by atoms with van der Waals surface area (Å²) >= 11 is 11.0. The van der Waals surface area contributed by atoms with Crippen molar-refractivity contribution < 1.29 is 4.74 Å². The first-order chi connectivity index (χ1) is 20.5. The fourth-order valence-electron chi connectivity index (χ4n) is 4.45. The number of ether oxygens (including phenoxy) is 1. The van der Waals surface area contributed by atoms with E-state index in [9.17, 15) is 0 Å². The lowest BCUT2D eigenvalue weighted by Crippen LogP contribution is -2.42. The van der Waals surface area contributed by atoms with Gasteiger partial charge in [-0.15, -0.1) is 0 Å². The average Bonchev–Trinajstić information content (AvgIpc) is 3.05. The van der Waals surface area contributed by atoms with Gasteiger partial charge in [0.15, 0.2) is 10.2 Å². The Balaban J connectivity index is 1.61. The van der Waals surface area contributed by atoms with E-state index in [-0.39, 0.29) is 0 Å². The highest BCUT2D eigenvalue weighted by Gasteiger charge is 2.45. The van der Waals surface area contributed by atoms with Gasteiger partial charge in [0.05, 0.1) is 12.8 Å². The molecule has 0 amide bonds. The van der Waals surface area contributed by atoms with Crippen LogP contribution in [-0.4, -0.2) is 42.1 Å². The summed E-state index contributed by atoms with van der Waals surface area (Å²) in [6.45, 7) is 1.86. The molecule has 0 bridgehead atoms. The molecule has 0 aliphatic heterocycles. The average molecular weight is 614 g/mol. The van der Waals surface area contributed by atoms with Gasteiger partial charge in [0.25, 0.3) is 0 Å². The van der Waals surface area contributed by atoms with Crippen LogP contribution in [0.4, 0.5) is 0 Å². The Kier molecular flexibility index (Phi) is 11.1. The van der Waals surface area contributed by atoms with E-state index in [1.807, 2.05) is 49.4 Å². The lowest BCUT2D eigenvalue weighted by Gasteiger charge is -2.28. The number of thiocarbonyl (C=S) groups is 2. The topological polar surface area (TPSA) is 82.1 Å². The molecule has 0 unspecified atom stereocenters. The molecule has 0 aliphatic rings. The van der Waals surface area contributed by atoms with Gasteiger partial charge in [0.2, 0.25) is 0 Å². The normalized spacial score (nSPS) is 11.8. The Morgan fingerprint density at radius 2 is 1.17 bits per heavy atom. The molecule has 10 heteroatoms. The third kappa shape index (κ3) is 7.56. The SMILES string of the molecule is CNC(=S)NN=C(C(C)=NNC(=S)NC[P+](c1ccccc1)(c1ccccc1)c1ccccc1)c1ccc(OC)cc1. The van der Waals surface area contributed by atoms with Gasteiger partial charge in [0, 0.05) is 12.6 Å². The summed E-state index contributed by atoms with van der Waals surface area (Å²) in [6, 6.07) is 39.5. The molecule has 0 aromatic heterocycles. The Labute approximate surface area is 258 Å². The molecule has 214 valence electrons. The number of benzene rings is 4. The Hall–Kier alpha value is -4.17. The first kappa shape index (κ1) is 30.8. The standard InChI is InChI=1S/C32H33N6OPS2/c1-24(30(36-37-31(41)33-2)25-19-21-26(39-3)22-20-25)35-38-32(42)34-23-40(27-13-7-4-8-14-27,28-15-9-5-10-16-28)29-17-11-6-12-18-29/h4-22H,23H2,1-3H3,(H3-,33,34,35,36,37,38,41,42)/p+1. The maximum Gasteiger partial charge on any atom is 0.189 e. The van der Waals surface area contributed by atoms with Crippen LogP contribution in [0.15, 0.2) is 125 Å². The maximum absolute atomic E-state index is 5.74. The zero-order valence-electron chi connectivity index (χ0n) is 23.7. The smallest absolute Gasteiger partial charge is 0.189 e. The van der Waals surface area contributed by atoms with E-state index < -0.39 is 7.26 Å². The molecule has 0 fully saturated rings. The molecule has 0 atom stereocenters. The Morgan fingerprint density at radius 1 is 0.690 bits per heavy atom. The second-order valence-corrected chi connectivity index (χ2v) is 13.5. The van der Waals surface area contributed by atoms with Crippen LogP contribution >= 0.6 is 31.7 Å². The highest BCUT2D eigenvalue weighted by atomic mass is 32.1. The second kappa shape index (κ2) is 15.2. The molecular formula is C32H34N6OPS2+. The monoisotopic (exact) mass is 613 g/mol. The van der Waals surface area contributed by atoms with E-state index in [2.05, 4.69) is 104 Å². The first-order valence-corrected chi connectivity index (χ1v) is 16.1. The lowest BCUT2D eigenvalue weighted by atomic mass is 10.1. The van der Waals surface area contributed by atoms with Crippen LogP contribution in [-0.2, 0) is 0 Å². The zero-order valence-corrected chi connectivity index (χ0v) is 26.3. The molecule has 7 nitrogen and oxygen atoms in total. The van der Waals surface area contributed by atoms with Gasteiger partial charge in [-0.25, -0.2) is 0 Å². The van der Waals surface area contributed by atoms with Gasteiger partial charge < -0.3 is 15.4 Å². The Bertz CT molecular complexity index is 1440. The number of methoxy groups -OCH3 is 1. The van der Waals surface area contributed by atoms with E-state index in [0.29, 0.717) is 27.9 Å². The summed E-state index contributed by atoms with van der Waals surface area (Å²) < 4.78 is 5.30. The summed E-state index contributed by atoms with van der Waals surface area (Å²) in [5, 5.41) is 20.0. The highest BCUT2D eigenvalue weighted by molar-refractivity contribution is 7.95. The molecule has 4 N–H and O–H groups in total. The van der Waals surface area contributed by atoms with Crippen molar-refractivity contribution in [3.8, 4) is 5.75 Å². The van der Waals surface area contributed by atoms with Crippen molar-refractivity contribution in [1.82, 2.24) is 21.5 Å². The van der Waals surface area contributed by atoms with Crippen molar-refractivity contribution in [1.29, 1.82) is 0 Å². The molecule has 0 aliphatic carbocycles. The molecule has 42 heavy (non-hydrogen) atoms. The molecule has 4 rings (SSSR count). The van der Waals surface area contributed by atoms with E-state index in [1.54, 1.807) is 14.2 Å². The van der Waals surface area contributed by atoms with E-state index in [0.717, 1.165) is 11.3 Å². The van der Waals surface area contributed by atoms with Crippen molar-refractivity contribution in [2.75, 3.05) is 20.4 Å². The lowest BCUT2D eigenvalue weighted by molar-refractivity contribution is 0.415. The number of rotatable bonds is 10. The van der Waals surface area contributed by atoms with Crippen molar-refractivity contribution >= 4 is 69.3 Å². The van der Waals surface area contributed by atoms with Crippen LogP contribution in [0.3, 0.4) is 0 Å². The zero-order chi connectivity index (χ0) is 29.8. The summed E-state index contributed by atoms with van der Waals surface area (Å²) in [7, 11) is 1.25.